The van der Waals surface area contributed by atoms with Crippen LogP contribution in [0.1, 0.15) is 74.0 Å². The molecule has 3 aromatic carbocycles. The summed E-state index contributed by atoms with van der Waals surface area (Å²) in [6.07, 6.45) is 7.03. The number of aliphatic hydroxyl groups is 1. The van der Waals surface area contributed by atoms with Gasteiger partial charge in [-0.1, -0.05) is 104 Å². The topological polar surface area (TPSA) is 152 Å². The molecule has 4 N–H and O–H groups in total. The number of ether oxygens (including phenoxy) is 3. The second-order valence-corrected chi connectivity index (χ2v) is 14.2. The Morgan fingerprint density at radius 2 is 1.57 bits per heavy atom. The molecule has 1 saturated carbocycles. The van der Waals surface area contributed by atoms with Gasteiger partial charge >= 0.3 is 12.1 Å². The summed E-state index contributed by atoms with van der Waals surface area (Å²) in [5.41, 5.74) is 4.68. The number of amides is 3. The number of carbonyl (C=O) groups is 4. The third kappa shape index (κ3) is 9.91. The van der Waals surface area contributed by atoms with Crippen molar-refractivity contribution < 1.29 is 38.5 Å². The highest BCUT2D eigenvalue weighted by Gasteiger charge is 2.36. The summed E-state index contributed by atoms with van der Waals surface area (Å²) >= 11 is 0. The lowest BCUT2D eigenvalue weighted by Crippen LogP contribution is -2.51. The Hall–Kier alpha value is -5.00. The van der Waals surface area contributed by atoms with Crippen molar-refractivity contribution in [1.82, 2.24) is 16.0 Å². The molecule has 6 rings (SSSR count). The van der Waals surface area contributed by atoms with E-state index >= 15 is 0 Å². The van der Waals surface area contributed by atoms with Crippen molar-refractivity contribution in [1.29, 1.82) is 0 Å². The number of fused-ring (bicyclic) bond motifs is 3. The van der Waals surface area contributed by atoms with E-state index in [0.717, 1.165) is 40.7 Å². The smallest absolute Gasteiger partial charge is 0.407 e. The molecule has 0 aromatic heterocycles. The SMILES string of the molecule is O=C(CC1CC=CCCC(NC(=O)OCC2c3ccccc3-c3ccccc32)C(=O)OCC(COCc2ccccc2)NC1=O)NC1(CO)CCCC1. The number of carbonyl (C=O) groups excluding carboxylic acids is 4. The quantitative estimate of drug-likeness (QED) is 0.154. The van der Waals surface area contributed by atoms with Crippen LogP contribution in [0.3, 0.4) is 0 Å². The summed E-state index contributed by atoms with van der Waals surface area (Å²) in [6, 6.07) is 24.0. The van der Waals surface area contributed by atoms with E-state index in [1.807, 2.05) is 78.9 Å². The third-order valence-electron chi connectivity index (χ3n) is 10.4. The van der Waals surface area contributed by atoms with E-state index < -0.39 is 35.6 Å². The normalized spacial score (nSPS) is 21.5. The summed E-state index contributed by atoms with van der Waals surface area (Å²) in [5.74, 6) is -2.16. The number of benzene rings is 3. The van der Waals surface area contributed by atoms with Gasteiger partial charge in [-0.3, -0.25) is 9.59 Å². The molecule has 2 aliphatic carbocycles. The molecule has 11 heteroatoms. The largest absolute Gasteiger partial charge is 0.462 e. The lowest BCUT2D eigenvalue weighted by atomic mass is 9.95. The summed E-state index contributed by atoms with van der Waals surface area (Å²) in [5, 5.41) is 18.7. The Balaban J connectivity index is 1.11. The van der Waals surface area contributed by atoms with Crippen molar-refractivity contribution in [2.45, 2.75) is 81.5 Å². The first-order valence-electron chi connectivity index (χ1n) is 18.6. The first kappa shape index (κ1) is 37.7. The van der Waals surface area contributed by atoms with Gasteiger partial charge in [-0.25, -0.2) is 9.59 Å². The highest BCUT2D eigenvalue weighted by molar-refractivity contribution is 5.86. The van der Waals surface area contributed by atoms with Crippen molar-refractivity contribution in [3.63, 3.8) is 0 Å². The molecule has 0 radical (unpaired) electrons. The van der Waals surface area contributed by atoms with Crippen LogP contribution >= 0.6 is 0 Å². The Bertz CT molecular complexity index is 1710. The fourth-order valence-corrected chi connectivity index (χ4v) is 7.53. The summed E-state index contributed by atoms with van der Waals surface area (Å²) in [7, 11) is 0. The van der Waals surface area contributed by atoms with Crippen LogP contribution in [0.2, 0.25) is 0 Å². The number of nitrogens with one attached hydrogen (secondary N) is 3. The van der Waals surface area contributed by atoms with Crippen molar-refractivity contribution >= 4 is 23.9 Å². The van der Waals surface area contributed by atoms with Gasteiger partial charge in [-0.15, -0.1) is 0 Å². The van der Waals surface area contributed by atoms with Crippen molar-refractivity contribution in [3.8, 4) is 11.1 Å². The van der Waals surface area contributed by atoms with E-state index in [2.05, 4.69) is 28.1 Å². The molecule has 1 heterocycles. The molecule has 3 atom stereocenters. The van der Waals surface area contributed by atoms with E-state index in [-0.39, 0.29) is 70.0 Å². The molecule has 1 fully saturated rings. The second kappa shape index (κ2) is 18.2. The molecule has 0 bridgehead atoms. The van der Waals surface area contributed by atoms with Gasteiger partial charge in [0.25, 0.3) is 0 Å². The molecule has 3 aliphatic rings. The molecule has 11 nitrogen and oxygen atoms in total. The number of hydrogen-bond donors (Lipinski definition) is 4. The predicted molar refractivity (Wildman–Crippen MR) is 199 cm³/mol. The van der Waals surface area contributed by atoms with Crippen LogP contribution in [-0.4, -0.2) is 73.0 Å². The summed E-state index contributed by atoms with van der Waals surface area (Å²) < 4.78 is 17.4. The Morgan fingerprint density at radius 3 is 2.26 bits per heavy atom. The zero-order valence-corrected chi connectivity index (χ0v) is 30.0. The van der Waals surface area contributed by atoms with Crippen LogP contribution in [0.5, 0.6) is 0 Å². The van der Waals surface area contributed by atoms with E-state index in [1.54, 1.807) is 0 Å². The molecule has 0 spiro atoms. The molecule has 3 unspecified atom stereocenters. The predicted octanol–water partition coefficient (Wildman–Crippen LogP) is 5.31. The first-order chi connectivity index (χ1) is 25.8. The van der Waals surface area contributed by atoms with Crippen LogP contribution in [0.25, 0.3) is 11.1 Å². The van der Waals surface area contributed by atoms with Gasteiger partial charge in [0.05, 0.1) is 37.3 Å². The minimum Gasteiger partial charge on any atom is -0.462 e. The zero-order valence-electron chi connectivity index (χ0n) is 30.0. The fourth-order valence-electron chi connectivity index (χ4n) is 7.53. The van der Waals surface area contributed by atoms with Crippen LogP contribution in [0.15, 0.2) is 91.0 Å². The van der Waals surface area contributed by atoms with Crippen molar-refractivity contribution in [2.75, 3.05) is 26.4 Å². The van der Waals surface area contributed by atoms with Crippen molar-refractivity contribution in [2.24, 2.45) is 5.92 Å². The van der Waals surface area contributed by atoms with Crippen molar-refractivity contribution in [3.05, 3.63) is 108 Å². The molecular formula is C42H49N3O8. The van der Waals surface area contributed by atoms with E-state index in [4.69, 9.17) is 14.2 Å². The van der Waals surface area contributed by atoms with Gasteiger partial charge in [0.15, 0.2) is 0 Å². The standard InChI is InChI=1S/C42H49N3O8/c46-28-42(21-11-12-22-42)45-38(47)23-30-15-5-2-6-20-37(40(49)52-26-31(43-39(30)48)25-51-24-29-13-3-1-4-14-29)44-41(50)53-27-36-34-18-9-7-16-32(34)33-17-8-10-19-35(33)36/h1-5,7-10,13-14,16-19,30-31,36-37,46H,6,11-12,15,20-28H2,(H,43,48)(H,44,50)(H,45,47). The lowest BCUT2D eigenvalue weighted by Gasteiger charge is -2.29. The maximum atomic E-state index is 13.7. The molecule has 0 saturated heterocycles. The first-order valence-corrected chi connectivity index (χ1v) is 18.6. The monoisotopic (exact) mass is 723 g/mol. The summed E-state index contributed by atoms with van der Waals surface area (Å²) in [4.78, 5) is 53.5. The third-order valence-corrected chi connectivity index (χ3v) is 10.4. The molecule has 3 amide bonds. The minimum absolute atomic E-state index is 0.0424. The number of hydrogen-bond acceptors (Lipinski definition) is 8. The van der Waals surface area contributed by atoms with Gasteiger partial charge < -0.3 is 35.3 Å². The highest BCUT2D eigenvalue weighted by Crippen LogP contribution is 2.44. The number of aliphatic hydroxyl groups excluding tert-OH is 1. The van der Waals surface area contributed by atoms with Gasteiger partial charge in [-0.2, -0.15) is 0 Å². The minimum atomic E-state index is -1.000. The van der Waals surface area contributed by atoms with E-state index in [9.17, 15) is 24.3 Å². The van der Waals surface area contributed by atoms with Crippen LogP contribution in [0.4, 0.5) is 4.79 Å². The average Bonchev–Trinajstić information content (AvgIpc) is 3.77. The zero-order chi connectivity index (χ0) is 37.0. The molecule has 3 aromatic rings. The number of alkyl carbamates (subject to hydrolysis) is 1. The highest BCUT2D eigenvalue weighted by atomic mass is 16.6. The molecular weight excluding hydrogens is 674 g/mol. The van der Waals surface area contributed by atoms with Crippen LogP contribution in [0, 0.1) is 5.92 Å². The average molecular weight is 724 g/mol. The second-order valence-electron chi connectivity index (χ2n) is 14.2. The Labute approximate surface area is 310 Å². The van der Waals surface area contributed by atoms with Crippen LogP contribution in [-0.2, 0) is 35.2 Å². The molecule has 53 heavy (non-hydrogen) atoms. The Kier molecular flexibility index (Phi) is 12.9. The van der Waals surface area contributed by atoms with Gasteiger partial charge in [-0.05, 0) is 59.9 Å². The lowest BCUT2D eigenvalue weighted by molar-refractivity contribution is -0.148. The maximum absolute atomic E-state index is 13.7. The number of rotatable bonds is 11. The van der Waals surface area contributed by atoms with Crippen LogP contribution < -0.4 is 16.0 Å². The number of allylic oxidation sites excluding steroid dienone is 2. The van der Waals surface area contributed by atoms with E-state index in [1.165, 1.54) is 0 Å². The summed E-state index contributed by atoms with van der Waals surface area (Å²) in [6.45, 7) is 0.0730. The van der Waals surface area contributed by atoms with Gasteiger partial charge in [0.1, 0.15) is 19.3 Å². The molecule has 1 aliphatic heterocycles. The maximum Gasteiger partial charge on any atom is 0.407 e. The number of cyclic esters (lactones) is 1. The fraction of sp³-hybridized carbons (Fsp3) is 0.429. The van der Waals surface area contributed by atoms with Gasteiger partial charge in [0, 0.05) is 12.3 Å². The van der Waals surface area contributed by atoms with E-state index in [0.29, 0.717) is 19.3 Å². The van der Waals surface area contributed by atoms with Gasteiger partial charge in [0.2, 0.25) is 11.8 Å². The molecule has 280 valence electrons. The Morgan fingerprint density at radius 1 is 0.887 bits per heavy atom. The number of esters is 1.